The van der Waals surface area contributed by atoms with Gasteiger partial charge in [-0.15, -0.1) is 11.3 Å². The summed E-state index contributed by atoms with van der Waals surface area (Å²) in [5.41, 5.74) is 2.54. The Bertz CT molecular complexity index is 905. The molecule has 27 heavy (non-hydrogen) atoms. The number of aromatic nitrogens is 1. The van der Waals surface area contributed by atoms with Crippen molar-refractivity contribution in [2.45, 2.75) is 30.0 Å². The highest BCUT2D eigenvalue weighted by atomic mass is 32.2. The van der Waals surface area contributed by atoms with Gasteiger partial charge in [0.05, 0.1) is 15.8 Å². The minimum absolute atomic E-state index is 0.297. The van der Waals surface area contributed by atoms with Crippen molar-refractivity contribution in [3.8, 4) is 0 Å². The van der Waals surface area contributed by atoms with Crippen LogP contribution in [-0.2, 0) is 15.3 Å². The van der Waals surface area contributed by atoms with E-state index in [9.17, 15) is 9.59 Å². The van der Waals surface area contributed by atoms with Crippen molar-refractivity contribution >= 4 is 45.2 Å². The van der Waals surface area contributed by atoms with Crippen molar-refractivity contribution in [1.29, 1.82) is 0 Å². The van der Waals surface area contributed by atoms with Gasteiger partial charge in [-0.3, -0.25) is 4.79 Å². The van der Waals surface area contributed by atoms with Crippen molar-refractivity contribution in [2.24, 2.45) is 0 Å². The standard InChI is InChI=1S/C20H20N2O3S2/c1-3-21-18(23)13(2)25-19(24)15-10-8-14(9-11-15)12-26-20-22-16-6-4-5-7-17(16)27-20/h4-11,13H,3,12H2,1-2H3,(H,21,23)/t13-/m0/s1. The number of amides is 1. The number of benzene rings is 2. The zero-order valence-electron chi connectivity index (χ0n) is 15.1. The van der Waals surface area contributed by atoms with Gasteiger partial charge in [-0.25, -0.2) is 9.78 Å². The Kier molecular flexibility index (Phi) is 6.47. The van der Waals surface area contributed by atoms with E-state index in [0.29, 0.717) is 12.1 Å². The molecule has 7 heteroatoms. The van der Waals surface area contributed by atoms with Gasteiger partial charge in [0.1, 0.15) is 0 Å². The molecule has 1 aromatic heterocycles. The molecule has 5 nitrogen and oxygen atoms in total. The van der Waals surface area contributed by atoms with Gasteiger partial charge < -0.3 is 10.1 Å². The molecule has 0 spiro atoms. The number of fused-ring (bicyclic) bond motifs is 1. The summed E-state index contributed by atoms with van der Waals surface area (Å²) >= 11 is 3.35. The fourth-order valence-electron chi connectivity index (χ4n) is 2.40. The normalized spacial score (nSPS) is 11.9. The SMILES string of the molecule is CCNC(=O)[C@H](C)OC(=O)c1ccc(CSc2nc3ccccc3s2)cc1. The van der Waals surface area contributed by atoms with E-state index in [-0.39, 0.29) is 5.91 Å². The van der Waals surface area contributed by atoms with Crippen molar-refractivity contribution < 1.29 is 14.3 Å². The summed E-state index contributed by atoms with van der Waals surface area (Å²) in [5, 5.41) is 2.63. The summed E-state index contributed by atoms with van der Waals surface area (Å²) in [6, 6.07) is 15.3. The number of likely N-dealkylation sites (N-methyl/N-ethyl adjacent to an activating group) is 1. The molecule has 1 amide bonds. The molecular formula is C20H20N2O3S2. The van der Waals surface area contributed by atoms with Gasteiger partial charge in [-0.2, -0.15) is 0 Å². The minimum atomic E-state index is -0.813. The van der Waals surface area contributed by atoms with Crippen molar-refractivity contribution in [1.82, 2.24) is 10.3 Å². The third kappa shape index (κ3) is 5.08. The Morgan fingerprint density at radius 2 is 1.93 bits per heavy atom. The van der Waals surface area contributed by atoms with Gasteiger partial charge in [0, 0.05) is 12.3 Å². The average Bonchev–Trinajstić information content (AvgIpc) is 3.10. The van der Waals surface area contributed by atoms with E-state index in [1.807, 2.05) is 37.3 Å². The van der Waals surface area contributed by atoms with E-state index in [1.54, 1.807) is 42.2 Å². The number of carbonyl (C=O) groups excluding carboxylic acids is 2. The molecule has 0 radical (unpaired) electrons. The van der Waals surface area contributed by atoms with E-state index < -0.39 is 12.1 Å². The molecule has 0 saturated heterocycles. The van der Waals surface area contributed by atoms with E-state index in [4.69, 9.17) is 4.74 Å². The first-order valence-corrected chi connectivity index (χ1v) is 10.4. The Morgan fingerprint density at radius 3 is 2.63 bits per heavy atom. The number of nitrogens with zero attached hydrogens (tertiary/aromatic N) is 1. The quantitative estimate of drug-likeness (QED) is 0.474. The van der Waals surface area contributed by atoms with Crippen molar-refractivity contribution in [2.75, 3.05) is 6.54 Å². The zero-order valence-corrected chi connectivity index (χ0v) is 16.7. The summed E-state index contributed by atoms with van der Waals surface area (Å²) in [6.07, 6.45) is -0.813. The van der Waals surface area contributed by atoms with E-state index >= 15 is 0 Å². The van der Waals surface area contributed by atoms with Crippen LogP contribution in [0.25, 0.3) is 10.2 Å². The Hall–Kier alpha value is -2.38. The molecule has 2 aromatic carbocycles. The average molecular weight is 401 g/mol. The molecule has 0 aliphatic heterocycles. The molecule has 0 unspecified atom stereocenters. The van der Waals surface area contributed by atoms with Crippen LogP contribution in [0.2, 0.25) is 0 Å². The second kappa shape index (κ2) is 9.01. The zero-order chi connectivity index (χ0) is 19.2. The highest BCUT2D eigenvalue weighted by Gasteiger charge is 2.18. The highest BCUT2D eigenvalue weighted by Crippen LogP contribution is 2.31. The topological polar surface area (TPSA) is 68.3 Å². The number of hydrogen-bond acceptors (Lipinski definition) is 6. The molecule has 3 aromatic rings. The van der Waals surface area contributed by atoms with Gasteiger partial charge in [0.15, 0.2) is 10.4 Å². The predicted molar refractivity (Wildman–Crippen MR) is 109 cm³/mol. The maximum absolute atomic E-state index is 12.1. The number of rotatable bonds is 7. The summed E-state index contributed by atoms with van der Waals surface area (Å²) < 4.78 is 7.39. The maximum atomic E-state index is 12.1. The highest BCUT2D eigenvalue weighted by molar-refractivity contribution is 8.00. The second-order valence-electron chi connectivity index (χ2n) is 5.88. The molecule has 0 saturated carbocycles. The number of thiazole rings is 1. The largest absolute Gasteiger partial charge is 0.449 e. The van der Waals surface area contributed by atoms with Gasteiger partial charge in [0.25, 0.3) is 5.91 Å². The fourth-order valence-corrected chi connectivity index (χ4v) is 4.42. The first-order chi connectivity index (χ1) is 13.1. The van der Waals surface area contributed by atoms with E-state index in [0.717, 1.165) is 21.2 Å². The van der Waals surface area contributed by atoms with Gasteiger partial charge >= 0.3 is 5.97 Å². The van der Waals surface area contributed by atoms with Crippen LogP contribution in [0.4, 0.5) is 0 Å². The molecule has 1 atom stereocenters. The summed E-state index contributed by atoms with van der Waals surface area (Å²) in [4.78, 5) is 28.4. The van der Waals surface area contributed by atoms with Gasteiger partial charge in [-0.1, -0.05) is 36.0 Å². The molecule has 1 N–H and O–H groups in total. The monoisotopic (exact) mass is 400 g/mol. The number of para-hydroxylation sites is 1. The third-order valence-corrected chi connectivity index (χ3v) is 6.08. The predicted octanol–water partition coefficient (Wildman–Crippen LogP) is 4.27. The lowest BCUT2D eigenvalue weighted by atomic mass is 10.1. The lowest BCUT2D eigenvalue weighted by Crippen LogP contribution is -2.35. The molecule has 0 aliphatic rings. The van der Waals surface area contributed by atoms with Crippen LogP contribution in [0.3, 0.4) is 0 Å². The lowest BCUT2D eigenvalue weighted by Gasteiger charge is -2.12. The first kappa shape index (κ1) is 19.4. The van der Waals surface area contributed by atoms with Crippen LogP contribution in [0.1, 0.15) is 29.8 Å². The lowest BCUT2D eigenvalue weighted by molar-refractivity contribution is -0.128. The summed E-state index contributed by atoms with van der Waals surface area (Å²) in [6.45, 7) is 3.88. The number of thioether (sulfide) groups is 1. The molecule has 0 fully saturated rings. The minimum Gasteiger partial charge on any atom is -0.449 e. The van der Waals surface area contributed by atoms with Gasteiger partial charge in [-0.05, 0) is 43.7 Å². The van der Waals surface area contributed by atoms with Crippen LogP contribution in [0.15, 0.2) is 52.9 Å². The summed E-state index contributed by atoms with van der Waals surface area (Å²) in [5.74, 6) is -0.0291. The number of esters is 1. The first-order valence-electron chi connectivity index (χ1n) is 8.63. The number of nitrogens with one attached hydrogen (secondary N) is 1. The van der Waals surface area contributed by atoms with Crippen molar-refractivity contribution in [3.63, 3.8) is 0 Å². The maximum Gasteiger partial charge on any atom is 0.338 e. The molecule has 3 rings (SSSR count). The van der Waals surface area contributed by atoms with Crippen LogP contribution in [0.5, 0.6) is 0 Å². The van der Waals surface area contributed by atoms with Crippen LogP contribution in [0, 0.1) is 0 Å². The molecular weight excluding hydrogens is 380 g/mol. The van der Waals surface area contributed by atoms with Gasteiger partial charge in [0.2, 0.25) is 0 Å². The van der Waals surface area contributed by atoms with E-state index in [2.05, 4.69) is 16.4 Å². The van der Waals surface area contributed by atoms with Crippen LogP contribution >= 0.6 is 23.1 Å². The third-order valence-electron chi connectivity index (χ3n) is 3.83. The summed E-state index contributed by atoms with van der Waals surface area (Å²) in [7, 11) is 0. The molecule has 0 aliphatic carbocycles. The Labute approximate surface area is 166 Å². The number of hydrogen-bond donors (Lipinski definition) is 1. The smallest absolute Gasteiger partial charge is 0.338 e. The van der Waals surface area contributed by atoms with Crippen LogP contribution in [-0.4, -0.2) is 29.5 Å². The Morgan fingerprint density at radius 1 is 1.19 bits per heavy atom. The molecule has 140 valence electrons. The van der Waals surface area contributed by atoms with Crippen LogP contribution < -0.4 is 5.32 Å². The Balaban J connectivity index is 1.56. The molecule has 0 bridgehead atoms. The van der Waals surface area contributed by atoms with Crippen molar-refractivity contribution in [3.05, 3.63) is 59.7 Å². The fraction of sp³-hybridized carbons (Fsp3) is 0.250. The number of carbonyl (C=O) groups is 2. The van der Waals surface area contributed by atoms with E-state index in [1.165, 1.54) is 4.70 Å². The second-order valence-corrected chi connectivity index (χ2v) is 8.13. The number of ether oxygens (including phenoxy) is 1. The molecule has 1 heterocycles.